The molecule has 1 aromatic carbocycles. The van der Waals surface area contributed by atoms with E-state index in [-0.39, 0.29) is 17.9 Å². The highest BCUT2D eigenvalue weighted by Gasteiger charge is 2.40. The molecule has 3 aliphatic rings. The highest BCUT2D eigenvalue weighted by Crippen LogP contribution is 2.46. The molecule has 0 spiro atoms. The van der Waals surface area contributed by atoms with Crippen molar-refractivity contribution in [3.63, 3.8) is 0 Å². The number of aliphatic carboxylic acids is 1. The van der Waals surface area contributed by atoms with Crippen LogP contribution in [0.3, 0.4) is 0 Å². The van der Waals surface area contributed by atoms with E-state index >= 15 is 0 Å². The van der Waals surface area contributed by atoms with Gasteiger partial charge in [0.2, 0.25) is 5.91 Å². The molecule has 0 unspecified atom stereocenters. The average Bonchev–Trinajstić information content (AvgIpc) is 3.69. The molecule has 43 heavy (non-hydrogen) atoms. The second kappa shape index (κ2) is 12.4. The van der Waals surface area contributed by atoms with E-state index in [1.54, 1.807) is 0 Å². The van der Waals surface area contributed by atoms with E-state index in [0.29, 0.717) is 6.04 Å². The Morgan fingerprint density at radius 1 is 1.05 bits per heavy atom. The largest absolute Gasteiger partial charge is 0.490 e. The Bertz CT molecular complexity index is 1470. The quantitative estimate of drug-likeness (QED) is 0.371. The minimum Gasteiger partial charge on any atom is -0.475 e. The summed E-state index contributed by atoms with van der Waals surface area (Å²) in [5.41, 5.74) is 6.03. The maximum absolute atomic E-state index is 13.3. The lowest BCUT2D eigenvalue weighted by Gasteiger charge is -2.36. The summed E-state index contributed by atoms with van der Waals surface area (Å²) in [4.78, 5) is 28.7. The van der Waals surface area contributed by atoms with Crippen molar-refractivity contribution in [1.29, 1.82) is 0 Å². The van der Waals surface area contributed by atoms with Gasteiger partial charge in [0.15, 0.2) is 0 Å². The molecule has 6 rings (SSSR count). The summed E-state index contributed by atoms with van der Waals surface area (Å²) >= 11 is 0. The summed E-state index contributed by atoms with van der Waals surface area (Å²) in [5.74, 6) is -0.706. The van der Waals surface area contributed by atoms with Gasteiger partial charge in [0.1, 0.15) is 11.5 Å². The number of carbonyl (C=O) groups excluding carboxylic acids is 1. The number of hydrogen-bond donors (Lipinski definition) is 2. The number of piperidine rings is 1. The highest BCUT2D eigenvalue weighted by molar-refractivity contribution is 5.99. The van der Waals surface area contributed by atoms with Crippen LogP contribution in [0.1, 0.15) is 62.0 Å². The number of alkyl halides is 3. The minimum absolute atomic E-state index is 0.177. The first kappa shape index (κ1) is 30.5. The number of rotatable bonds is 5. The summed E-state index contributed by atoms with van der Waals surface area (Å²) in [6, 6.07) is 8.81. The fourth-order valence-corrected chi connectivity index (χ4v) is 5.73. The third-order valence-electron chi connectivity index (χ3n) is 8.02. The predicted molar refractivity (Wildman–Crippen MR) is 154 cm³/mol. The van der Waals surface area contributed by atoms with Crippen LogP contribution in [0.5, 0.6) is 11.5 Å². The van der Waals surface area contributed by atoms with Crippen molar-refractivity contribution >= 4 is 17.6 Å². The minimum atomic E-state index is -5.08. The Hall–Kier alpha value is -3.93. The molecule has 2 aliphatic heterocycles. The fourth-order valence-electron chi connectivity index (χ4n) is 5.73. The van der Waals surface area contributed by atoms with Gasteiger partial charge in [-0.2, -0.15) is 18.3 Å². The number of halogens is 3. The Kier molecular flexibility index (Phi) is 8.77. The van der Waals surface area contributed by atoms with E-state index in [1.807, 2.05) is 37.1 Å². The Balaban J connectivity index is 0.000000472. The van der Waals surface area contributed by atoms with Crippen molar-refractivity contribution in [3.8, 4) is 22.6 Å². The summed E-state index contributed by atoms with van der Waals surface area (Å²) in [5, 5.41) is 15.3. The van der Waals surface area contributed by atoms with Gasteiger partial charge in [-0.05, 0) is 84.5 Å². The van der Waals surface area contributed by atoms with Crippen LogP contribution in [0.4, 0.5) is 18.9 Å². The van der Waals surface area contributed by atoms with Crippen LogP contribution >= 0.6 is 0 Å². The van der Waals surface area contributed by atoms with E-state index in [9.17, 15) is 18.0 Å². The van der Waals surface area contributed by atoms with E-state index in [4.69, 9.17) is 19.7 Å². The van der Waals surface area contributed by atoms with Crippen LogP contribution in [0.25, 0.3) is 11.1 Å². The van der Waals surface area contributed by atoms with Gasteiger partial charge in [-0.3, -0.25) is 14.5 Å². The molecule has 2 fully saturated rings. The van der Waals surface area contributed by atoms with Gasteiger partial charge >= 0.3 is 12.1 Å². The molecular formula is C31H36F3N5O4. The number of aromatic nitrogens is 3. The molecule has 1 aliphatic carbocycles. The van der Waals surface area contributed by atoms with Crippen LogP contribution in [0.15, 0.2) is 36.7 Å². The molecule has 9 nitrogen and oxygen atoms in total. The summed E-state index contributed by atoms with van der Waals surface area (Å²) < 4.78 is 40.5. The van der Waals surface area contributed by atoms with Gasteiger partial charge in [0.25, 0.3) is 0 Å². The zero-order valence-electron chi connectivity index (χ0n) is 24.4. The van der Waals surface area contributed by atoms with Crippen molar-refractivity contribution in [2.75, 3.05) is 18.0 Å². The molecule has 1 amide bonds. The fraction of sp³-hybridized carbons (Fsp3) is 0.484. The maximum atomic E-state index is 13.3. The molecule has 0 radical (unpaired) electrons. The Morgan fingerprint density at radius 2 is 1.70 bits per heavy atom. The van der Waals surface area contributed by atoms with Crippen molar-refractivity contribution in [1.82, 2.24) is 20.1 Å². The van der Waals surface area contributed by atoms with Gasteiger partial charge in [0, 0.05) is 58.4 Å². The lowest BCUT2D eigenvalue weighted by atomic mass is 9.92. The zero-order valence-corrected chi connectivity index (χ0v) is 24.4. The van der Waals surface area contributed by atoms with Crippen molar-refractivity contribution in [2.24, 2.45) is 5.92 Å². The molecule has 2 aromatic heterocycles. The Labute approximate surface area is 248 Å². The van der Waals surface area contributed by atoms with E-state index in [1.165, 1.54) is 0 Å². The van der Waals surface area contributed by atoms with E-state index < -0.39 is 12.1 Å². The third kappa shape index (κ3) is 7.01. The molecule has 4 heterocycles. The summed E-state index contributed by atoms with van der Waals surface area (Å²) in [6.45, 7) is 8.19. The van der Waals surface area contributed by atoms with Gasteiger partial charge in [-0.25, -0.2) is 4.79 Å². The highest BCUT2D eigenvalue weighted by atomic mass is 19.4. The first-order valence-electron chi connectivity index (χ1n) is 14.6. The van der Waals surface area contributed by atoms with Gasteiger partial charge < -0.3 is 20.1 Å². The number of carboxylic acid groups (broad SMARTS) is 1. The number of anilines is 1. The third-order valence-corrected chi connectivity index (χ3v) is 8.02. The SMILES string of the molecule is Cc1cc(Oc2c(-c3cnn(C4CCNCC4)c3)ccc3c2CC[C@H](C)N3C(=O)C2CC2)cc(C)n1.O=C(O)C(F)(F)F. The predicted octanol–water partition coefficient (Wildman–Crippen LogP) is 5.99. The number of fused-ring (bicyclic) bond motifs is 1. The number of nitrogens with one attached hydrogen (secondary N) is 1. The number of pyridine rings is 1. The molecule has 1 saturated heterocycles. The molecule has 0 bridgehead atoms. The molecule has 3 aromatic rings. The standard InChI is InChI=1S/C29H35N5O2.C2HF3O2/c1-18-14-24(15-19(2)32-18)36-28-25(22-16-31-33(17-22)23-10-12-30-13-11-23)8-9-27-26(28)7-4-20(3)34(27)29(35)21-5-6-21;3-2(4,5)1(6)7/h8-9,14-17,20-21,23,30H,4-7,10-13H2,1-3H3;(H,6,7)/t20-;/m0./s1. The number of nitrogens with zero attached hydrogens (tertiary/aromatic N) is 4. The number of ether oxygens (including phenoxy) is 1. The van der Waals surface area contributed by atoms with Crippen LogP contribution in [0, 0.1) is 19.8 Å². The molecule has 12 heteroatoms. The second-order valence-electron chi connectivity index (χ2n) is 11.5. The first-order chi connectivity index (χ1) is 20.4. The van der Waals surface area contributed by atoms with Gasteiger partial charge in [-0.1, -0.05) is 0 Å². The summed E-state index contributed by atoms with van der Waals surface area (Å²) in [6.07, 6.45) is 5.01. The van der Waals surface area contributed by atoms with Gasteiger partial charge in [0.05, 0.1) is 17.9 Å². The normalized spacial score (nSPS) is 18.8. The van der Waals surface area contributed by atoms with Crippen molar-refractivity contribution < 1.29 is 32.6 Å². The van der Waals surface area contributed by atoms with Gasteiger partial charge in [-0.15, -0.1) is 0 Å². The zero-order chi connectivity index (χ0) is 30.9. The average molecular weight is 600 g/mol. The number of aryl methyl sites for hydroxylation is 2. The number of carbonyl (C=O) groups is 2. The van der Waals surface area contributed by atoms with E-state index in [2.05, 4.69) is 40.2 Å². The smallest absolute Gasteiger partial charge is 0.475 e. The maximum Gasteiger partial charge on any atom is 0.490 e. The lowest BCUT2D eigenvalue weighted by molar-refractivity contribution is -0.192. The van der Waals surface area contributed by atoms with Crippen molar-refractivity contribution in [3.05, 3.63) is 53.6 Å². The van der Waals surface area contributed by atoms with Crippen LogP contribution in [-0.2, 0) is 16.0 Å². The number of carboxylic acids is 1. The topological polar surface area (TPSA) is 110 Å². The second-order valence-corrected chi connectivity index (χ2v) is 11.5. The Morgan fingerprint density at radius 3 is 2.30 bits per heavy atom. The number of benzene rings is 1. The van der Waals surface area contributed by atoms with E-state index in [0.717, 1.165) is 96.9 Å². The van der Waals surface area contributed by atoms with Crippen molar-refractivity contribution in [2.45, 2.75) is 77.6 Å². The monoisotopic (exact) mass is 599 g/mol. The number of hydrogen-bond acceptors (Lipinski definition) is 6. The summed E-state index contributed by atoms with van der Waals surface area (Å²) in [7, 11) is 0. The molecule has 2 N–H and O–H groups in total. The molecule has 1 saturated carbocycles. The molecule has 230 valence electrons. The molecule has 1 atom stereocenters. The van der Waals surface area contributed by atoms with Crippen LogP contribution < -0.4 is 15.0 Å². The number of amides is 1. The first-order valence-corrected chi connectivity index (χ1v) is 14.6. The van der Waals surface area contributed by atoms with Crippen LogP contribution in [0.2, 0.25) is 0 Å². The lowest BCUT2D eigenvalue weighted by Crippen LogP contribution is -2.43. The van der Waals surface area contributed by atoms with Crippen LogP contribution in [-0.4, -0.2) is 57.1 Å². The molecular weight excluding hydrogens is 563 g/mol.